The summed E-state index contributed by atoms with van der Waals surface area (Å²) >= 11 is 5.97. The number of pyridine rings is 1. The number of hydrogen-bond acceptors (Lipinski definition) is 3. The monoisotopic (exact) mass is 326 g/mol. The molecule has 2 aliphatic carbocycles. The lowest BCUT2D eigenvalue weighted by atomic mass is 9.94. The van der Waals surface area contributed by atoms with Crippen LogP contribution in [0.4, 0.5) is 0 Å². The van der Waals surface area contributed by atoms with Crippen molar-refractivity contribution in [2.45, 2.75) is 25.7 Å². The van der Waals surface area contributed by atoms with Gasteiger partial charge in [0.2, 0.25) is 0 Å². The summed E-state index contributed by atoms with van der Waals surface area (Å²) in [5, 5.41) is 1.49. The predicted molar refractivity (Wildman–Crippen MR) is 86.7 cm³/mol. The molecule has 0 fully saturated rings. The van der Waals surface area contributed by atoms with Gasteiger partial charge in [0.15, 0.2) is 11.6 Å². The third-order valence-electron chi connectivity index (χ3n) is 4.97. The normalized spacial score (nSPS) is 16.6. The maximum Gasteiger partial charge on any atom is 0.268 e. The molecular weight excluding hydrogens is 316 g/mol. The number of aryl methyl sites for hydroxylation is 1. The summed E-state index contributed by atoms with van der Waals surface area (Å²) in [6.07, 6.45) is 2.59. The molecule has 0 saturated carbocycles. The van der Waals surface area contributed by atoms with Crippen LogP contribution < -0.4 is 5.56 Å². The van der Waals surface area contributed by atoms with E-state index < -0.39 is 0 Å². The lowest BCUT2D eigenvalue weighted by Gasteiger charge is -2.08. The standard InChI is InChI=1S/C17H11ClN2O3/c18-9-4-8-13-14-11(22)5-10(21)12(14)6-2-1-3-7(6)15(13)19-16(8)20-17(9)23/h4H,1-3,5H2,(H2,19,20,23). The molecular formula is C17H11ClN2O3. The van der Waals surface area contributed by atoms with Crippen LogP contribution >= 0.6 is 11.6 Å². The number of carbonyl (C=O) groups excluding carboxylic acids is 2. The third-order valence-corrected chi connectivity index (χ3v) is 5.25. The molecule has 1 aromatic carbocycles. The van der Waals surface area contributed by atoms with Gasteiger partial charge in [0.1, 0.15) is 10.7 Å². The number of carbonyl (C=O) groups is 2. The Morgan fingerprint density at radius 3 is 2.52 bits per heavy atom. The van der Waals surface area contributed by atoms with Crippen molar-refractivity contribution in [3.63, 3.8) is 0 Å². The van der Waals surface area contributed by atoms with Gasteiger partial charge >= 0.3 is 0 Å². The highest BCUT2D eigenvalue weighted by Gasteiger charge is 2.36. The molecule has 5 nitrogen and oxygen atoms in total. The Morgan fingerprint density at radius 2 is 1.70 bits per heavy atom. The Morgan fingerprint density at radius 1 is 0.957 bits per heavy atom. The summed E-state index contributed by atoms with van der Waals surface area (Å²) in [6, 6.07) is 1.58. The van der Waals surface area contributed by atoms with E-state index in [2.05, 4.69) is 9.97 Å². The molecule has 0 bridgehead atoms. The van der Waals surface area contributed by atoms with E-state index in [0.717, 1.165) is 41.3 Å². The topological polar surface area (TPSA) is 82.8 Å². The average Bonchev–Trinajstić information content (AvgIpc) is 3.16. The number of ketones is 2. The minimum absolute atomic E-state index is 0.0648. The fraction of sp³-hybridized carbons (Fsp3) is 0.235. The first-order valence-corrected chi connectivity index (χ1v) is 7.92. The molecule has 114 valence electrons. The molecule has 0 saturated heterocycles. The third kappa shape index (κ3) is 1.50. The van der Waals surface area contributed by atoms with E-state index in [1.165, 1.54) is 0 Å². The predicted octanol–water partition coefficient (Wildman–Crippen LogP) is 2.92. The summed E-state index contributed by atoms with van der Waals surface area (Å²) in [5.41, 5.74) is 4.22. The minimum Gasteiger partial charge on any atom is -0.340 e. The maximum absolute atomic E-state index is 12.4. The average molecular weight is 327 g/mol. The van der Waals surface area contributed by atoms with Gasteiger partial charge in [0.05, 0.1) is 11.9 Å². The van der Waals surface area contributed by atoms with Gasteiger partial charge in [-0.3, -0.25) is 14.4 Å². The van der Waals surface area contributed by atoms with E-state index in [4.69, 9.17) is 11.6 Å². The van der Waals surface area contributed by atoms with Crippen molar-refractivity contribution in [3.05, 3.63) is 43.7 Å². The first kappa shape index (κ1) is 13.1. The van der Waals surface area contributed by atoms with Crippen LogP contribution in [0.3, 0.4) is 0 Å². The van der Waals surface area contributed by atoms with Gasteiger partial charge in [-0.2, -0.15) is 0 Å². The Hall–Kier alpha value is -2.40. The van der Waals surface area contributed by atoms with Crippen molar-refractivity contribution < 1.29 is 9.59 Å². The number of H-pyrrole nitrogens is 2. The van der Waals surface area contributed by atoms with E-state index in [0.29, 0.717) is 22.2 Å². The molecule has 0 aliphatic heterocycles. The van der Waals surface area contributed by atoms with Gasteiger partial charge in [-0.1, -0.05) is 11.6 Å². The zero-order valence-electron chi connectivity index (χ0n) is 12.0. The van der Waals surface area contributed by atoms with Crippen molar-refractivity contribution in [2.75, 3.05) is 0 Å². The van der Waals surface area contributed by atoms with Gasteiger partial charge in [-0.05, 0) is 36.5 Å². The van der Waals surface area contributed by atoms with Crippen LogP contribution in [-0.4, -0.2) is 21.5 Å². The number of aromatic amines is 2. The molecule has 0 spiro atoms. The molecule has 0 amide bonds. The Balaban J connectivity index is 2.10. The molecule has 6 heteroatoms. The first-order valence-electron chi connectivity index (χ1n) is 7.54. The van der Waals surface area contributed by atoms with Crippen LogP contribution in [0.2, 0.25) is 5.02 Å². The second kappa shape index (κ2) is 4.11. The van der Waals surface area contributed by atoms with Crippen molar-refractivity contribution in [3.8, 4) is 0 Å². The number of rotatable bonds is 0. The lowest BCUT2D eigenvalue weighted by Crippen LogP contribution is -2.05. The first-order chi connectivity index (χ1) is 11.1. The van der Waals surface area contributed by atoms with Gasteiger partial charge in [0, 0.05) is 21.9 Å². The largest absolute Gasteiger partial charge is 0.340 e. The molecule has 2 aliphatic rings. The van der Waals surface area contributed by atoms with Crippen LogP contribution in [0.15, 0.2) is 10.9 Å². The minimum atomic E-state index is -0.374. The van der Waals surface area contributed by atoms with Crippen molar-refractivity contribution >= 4 is 45.1 Å². The molecule has 2 heterocycles. The highest BCUT2D eigenvalue weighted by atomic mass is 35.5. The highest BCUT2D eigenvalue weighted by Crippen LogP contribution is 2.42. The van der Waals surface area contributed by atoms with E-state index in [1.807, 2.05) is 0 Å². The summed E-state index contributed by atoms with van der Waals surface area (Å²) in [5.74, 6) is -0.233. The Kier molecular flexibility index (Phi) is 2.34. The molecule has 23 heavy (non-hydrogen) atoms. The number of fused-ring (bicyclic) bond motifs is 8. The SMILES string of the molecule is O=C1CC(=O)c2c1c1c(c3[nH]c4[nH]c(=O)c(Cl)cc4c23)CCC1. The van der Waals surface area contributed by atoms with Gasteiger partial charge in [0.25, 0.3) is 5.56 Å². The molecule has 2 N–H and O–H groups in total. The second-order valence-electron chi connectivity index (χ2n) is 6.19. The number of nitrogens with one attached hydrogen (secondary N) is 2. The van der Waals surface area contributed by atoms with Gasteiger partial charge in [-0.15, -0.1) is 0 Å². The van der Waals surface area contributed by atoms with Crippen LogP contribution in [0.25, 0.3) is 21.9 Å². The van der Waals surface area contributed by atoms with Crippen molar-refractivity contribution in [2.24, 2.45) is 0 Å². The van der Waals surface area contributed by atoms with Crippen LogP contribution in [0.1, 0.15) is 44.7 Å². The molecule has 0 atom stereocenters. The maximum atomic E-state index is 12.4. The van der Waals surface area contributed by atoms with Gasteiger partial charge < -0.3 is 9.97 Å². The van der Waals surface area contributed by atoms with E-state index in [-0.39, 0.29) is 28.6 Å². The van der Waals surface area contributed by atoms with E-state index >= 15 is 0 Å². The van der Waals surface area contributed by atoms with Gasteiger partial charge in [-0.25, -0.2) is 0 Å². The summed E-state index contributed by atoms with van der Waals surface area (Å²) < 4.78 is 0. The van der Waals surface area contributed by atoms with Crippen LogP contribution in [0, 0.1) is 0 Å². The quantitative estimate of drug-likeness (QED) is 0.623. The zero-order valence-corrected chi connectivity index (χ0v) is 12.8. The van der Waals surface area contributed by atoms with E-state index in [1.54, 1.807) is 6.07 Å². The number of hydrogen-bond donors (Lipinski definition) is 2. The smallest absolute Gasteiger partial charge is 0.268 e. The summed E-state index contributed by atoms with van der Waals surface area (Å²) in [7, 11) is 0. The summed E-state index contributed by atoms with van der Waals surface area (Å²) in [6.45, 7) is 0. The summed E-state index contributed by atoms with van der Waals surface area (Å²) in [4.78, 5) is 42.5. The van der Waals surface area contributed by atoms with Crippen LogP contribution in [0.5, 0.6) is 0 Å². The lowest BCUT2D eigenvalue weighted by molar-refractivity contribution is 0.0923. The Bertz CT molecular complexity index is 1140. The number of Topliss-reactive ketones (excluding diaryl/α,β-unsaturated/α-hetero) is 2. The van der Waals surface area contributed by atoms with Crippen molar-refractivity contribution in [1.29, 1.82) is 0 Å². The van der Waals surface area contributed by atoms with Crippen molar-refractivity contribution in [1.82, 2.24) is 9.97 Å². The molecule has 2 aromatic heterocycles. The fourth-order valence-corrected chi connectivity index (χ4v) is 4.25. The zero-order chi connectivity index (χ0) is 15.9. The Labute approximate surface area is 134 Å². The van der Waals surface area contributed by atoms with Crippen LogP contribution in [-0.2, 0) is 12.8 Å². The fourth-order valence-electron chi connectivity index (χ4n) is 4.09. The molecule has 3 aromatic rings. The van der Waals surface area contributed by atoms with E-state index in [9.17, 15) is 14.4 Å². The molecule has 0 radical (unpaired) electrons. The number of benzene rings is 1. The molecule has 0 unspecified atom stereocenters. The molecule has 5 rings (SSSR count). The number of halogens is 1. The second-order valence-corrected chi connectivity index (χ2v) is 6.60. The number of aromatic nitrogens is 2. The highest BCUT2D eigenvalue weighted by molar-refractivity contribution is 6.34.